The number of ether oxygens (including phenoxy) is 2. The van der Waals surface area contributed by atoms with Crippen molar-refractivity contribution in [2.24, 2.45) is 11.1 Å². The van der Waals surface area contributed by atoms with Gasteiger partial charge in [-0.3, -0.25) is 0 Å². The lowest BCUT2D eigenvalue weighted by Gasteiger charge is -2.22. The van der Waals surface area contributed by atoms with E-state index in [2.05, 4.69) is 0 Å². The Hall–Kier alpha value is -1.25. The molecule has 2 N–H and O–H groups in total. The summed E-state index contributed by atoms with van der Waals surface area (Å²) in [6.45, 7) is 1.30. The lowest BCUT2D eigenvalue weighted by Crippen LogP contribution is -2.23. The van der Waals surface area contributed by atoms with E-state index in [9.17, 15) is 17.2 Å². The largest absolute Gasteiger partial charge is 0.489 e. The molecule has 5 nitrogen and oxygen atoms in total. The number of nitrogens with two attached hydrogens (primary N) is 1. The highest BCUT2D eigenvalue weighted by atomic mass is 32.2. The number of primary sulfonamides is 1. The molecule has 0 radical (unpaired) electrons. The quantitative estimate of drug-likeness (QED) is 0.912. The van der Waals surface area contributed by atoms with Crippen molar-refractivity contribution in [3.63, 3.8) is 0 Å². The first-order valence-electron chi connectivity index (χ1n) is 6.10. The summed E-state index contributed by atoms with van der Waals surface area (Å²) in [5.41, 5.74) is 0. The van der Waals surface area contributed by atoms with Gasteiger partial charge in [0.2, 0.25) is 10.0 Å². The lowest BCUT2D eigenvalue weighted by atomic mass is 10.0. The van der Waals surface area contributed by atoms with Gasteiger partial charge < -0.3 is 9.47 Å². The third-order valence-electron chi connectivity index (χ3n) is 3.09. The Kier molecular flexibility index (Phi) is 4.56. The molecule has 1 aliphatic rings. The Balaban J connectivity index is 2.21. The minimum atomic E-state index is -4.26. The summed E-state index contributed by atoms with van der Waals surface area (Å²) in [6, 6.07) is 1.21. The SMILES string of the molecule is NS(=O)(=O)c1cc(F)cc(F)c1OCC1CCOCC1. The van der Waals surface area contributed by atoms with Crippen LogP contribution in [0.1, 0.15) is 12.8 Å². The van der Waals surface area contributed by atoms with Crippen LogP contribution in [-0.2, 0) is 14.8 Å². The first kappa shape index (κ1) is 15.1. The minimum Gasteiger partial charge on any atom is -0.489 e. The van der Waals surface area contributed by atoms with E-state index in [1.165, 1.54) is 0 Å². The van der Waals surface area contributed by atoms with Gasteiger partial charge in [0.05, 0.1) is 6.61 Å². The molecule has 0 bridgehead atoms. The molecular formula is C12H15F2NO4S. The molecule has 0 spiro atoms. The minimum absolute atomic E-state index is 0.133. The van der Waals surface area contributed by atoms with Crippen molar-refractivity contribution in [2.45, 2.75) is 17.7 Å². The fraction of sp³-hybridized carbons (Fsp3) is 0.500. The van der Waals surface area contributed by atoms with Gasteiger partial charge in [-0.2, -0.15) is 0 Å². The van der Waals surface area contributed by atoms with Gasteiger partial charge >= 0.3 is 0 Å². The second-order valence-corrected chi connectivity index (χ2v) is 6.16. The van der Waals surface area contributed by atoms with Crippen LogP contribution in [-0.4, -0.2) is 28.2 Å². The Morgan fingerprint density at radius 1 is 1.30 bits per heavy atom. The molecule has 1 aliphatic heterocycles. The van der Waals surface area contributed by atoms with E-state index in [4.69, 9.17) is 14.6 Å². The Labute approximate surface area is 115 Å². The molecule has 0 aliphatic carbocycles. The van der Waals surface area contributed by atoms with E-state index in [0.717, 1.165) is 12.8 Å². The van der Waals surface area contributed by atoms with Crippen molar-refractivity contribution in [2.75, 3.05) is 19.8 Å². The molecule has 0 unspecified atom stereocenters. The molecule has 0 aromatic heterocycles. The topological polar surface area (TPSA) is 78.6 Å². The molecule has 1 fully saturated rings. The number of halogens is 2. The van der Waals surface area contributed by atoms with Gasteiger partial charge in [-0.25, -0.2) is 22.3 Å². The normalized spacial score (nSPS) is 17.1. The third kappa shape index (κ3) is 3.65. The second kappa shape index (κ2) is 6.02. The second-order valence-electron chi connectivity index (χ2n) is 4.63. The van der Waals surface area contributed by atoms with Gasteiger partial charge in [-0.05, 0) is 24.8 Å². The number of hydrogen-bond donors (Lipinski definition) is 1. The molecular weight excluding hydrogens is 292 g/mol. The smallest absolute Gasteiger partial charge is 0.241 e. The highest BCUT2D eigenvalue weighted by Gasteiger charge is 2.23. The molecule has 0 atom stereocenters. The van der Waals surface area contributed by atoms with E-state index in [0.29, 0.717) is 25.3 Å². The number of sulfonamides is 1. The zero-order valence-corrected chi connectivity index (χ0v) is 11.5. The maximum absolute atomic E-state index is 13.7. The third-order valence-corrected chi connectivity index (χ3v) is 4.00. The molecule has 2 rings (SSSR count). The summed E-state index contributed by atoms with van der Waals surface area (Å²) in [7, 11) is -4.26. The Morgan fingerprint density at radius 3 is 2.55 bits per heavy atom. The fourth-order valence-electron chi connectivity index (χ4n) is 2.00. The van der Waals surface area contributed by atoms with E-state index in [-0.39, 0.29) is 12.5 Å². The predicted molar refractivity (Wildman–Crippen MR) is 66.8 cm³/mol. The van der Waals surface area contributed by atoms with Crippen molar-refractivity contribution in [3.05, 3.63) is 23.8 Å². The number of benzene rings is 1. The van der Waals surface area contributed by atoms with Gasteiger partial charge in [0.15, 0.2) is 11.6 Å². The van der Waals surface area contributed by atoms with Crippen LogP contribution in [0.15, 0.2) is 17.0 Å². The molecule has 112 valence electrons. The highest BCUT2D eigenvalue weighted by molar-refractivity contribution is 7.89. The average molecular weight is 307 g/mol. The van der Waals surface area contributed by atoms with E-state index in [1.54, 1.807) is 0 Å². The van der Waals surface area contributed by atoms with Gasteiger partial charge in [0.1, 0.15) is 10.7 Å². The highest BCUT2D eigenvalue weighted by Crippen LogP contribution is 2.29. The van der Waals surface area contributed by atoms with Crippen molar-refractivity contribution in [1.82, 2.24) is 0 Å². The van der Waals surface area contributed by atoms with Crippen molar-refractivity contribution in [3.8, 4) is 5.75 Å². The van der Waals surface area contributed by atoms with E-state index >= 15 is 0 Å². The number of rotatable bonds is 4. The predicted octanol–water partition coefficient (Wildman–Crippen LogP) is 1.42. The first-order chi connectivity index (χ1) is 9.38. The number of hydrogen-bond acceptors (Lipinski definition) is 4. The zero-order valence-electron chi connectivity index (χ0n) is 10.6. The average Bonchev–Trinajstić information content (AvgIpc) is 2.37. The van der Waals surface area contributed by atoms with E-state index < -0.39 is 32.3 Å². The van der Waals surface area contributed by atoms with Crippen LogP contribution in [0.3, 0.4) is 0 Å². The summed E-state index contributed by atoms with van der Waals surface area (Å²) in [5.74, 6) is -2.49. The molecule has 0 saturated carbocycles. The summed E-state index contributed by atoms with van der Waals surface area (Å²) in [5, 5.41) is 4.94. The summed E-state index contributed by atoms with van der Waals surface area (Å²) < 4.78 is 59.9. The van der Waals surface area contributed by atoms with Crippen LogP contribution in [0.25, 0.3) is 0 Å². The maximum atomic E-state index is 13.7. The molecule has 1 aromatic rings. The molecule has 20 heavy (non-hydrogen) atoms. The summed E-state index contributed by atoms with van der Waals surface area (Å²) in [6.07, 6.45) is 1.49. The van der Waals surface area contributed by atoms with Crippen LogP contribution in [0.2, 0.25) is 0 Å². The summed E-state index contributed by atoms with van der Waals surface area (Å²) in [4.78, 5) is -0.679. The lowest BCUT2D eigenvalue weighted by molar-refractivity contribution is 0.0486. The Bertz CT molecular complexity index is 585. The summed E-state index contributed by atoms with van der Waals surface area (Å²) >= 11 is 0. The Morgan fingerprint density at radius 2 is 1.95 bits per heavy atom. The first-order valence-corrected chi connectivity index (χ1v) is 7.65. The molecule has 1 aromatic carbocycles. The van der Waals surface area contributed by atoms with Crippen LogP contribution < -0.4 is 9.88 Å². The van der Waals surface area contributed by atoms with Crippen LogP contribution in [0.4, 0.5) is 8.78 Å². The van der Waals surface area contributed by atoms with Gasteiger partial charge in [-0.1, -0.05) is 0 Å². The zero-order chi connectivity index (χ0) is 14.8. The van der Waals surface area contributed by atoms with Gasteiger partial charge in [0.25, 0.3) is 0 Å². The van der Waals surface area contributed by atoms with E-state index in [1.807, 2.05) is 0 Å². The molecule has 0 amide bonds. The standard InChI is InChI=1S/C12H15F2NO4S/c13-9-5-10(14)12(11(6-9)20(15,16)17)19-7-8-1-3-18-4-2-8/h5-6,8H,1-4,7H2,(H2,15,16,17). The van der Waals surface area contributed by atoms with Crippen LogP contribution in [0, 0.1) is 17.6 Å². The molecule has 8 heteroatoms. The maximum Gasteiger partial charge on any atom is 0.241 e. The van der Waals surface area contributed by atoms with Crippen molar-refractivity contribution < 1.29 is 26.7 Å². The van der Waals surface area contributed by atoms with Gasteiger partial charge in [-0.15, -0.1) is 0 Å². The van der Waals surface area contributed by atoms with Crippen molar-refractivity contribution in [1.29, 1.82) is 0 Å². The van der Waals surface area contributed by atoms with Crippen molar-refractivity contribution >= 4 is 10.0 Å². The fourth-order valence-corrected chi connectivity index (χ4v) is 2.69. The molecule has 1 saturated heterocycles. The van der Waals surface area contributed by atoms with Crippen LogP contribution >= 0.6 is 0 Å². The molecule has 1 heterocycles. The monoisotopic (exact) mass is 307 g/mol. The van der Waals surface area contributed by atoms with Crippen LogP contribution in [0.5, 0.6) is 5.75 Å². The van der Waals surface area contributed by atoms with Gasteiger partial charge in [0, 0.05) is 19.3 Å².